The Morgan fingerprint density at radius 3 is 2.52 bits per heavy atom. The third-order valence-corrected chi connectivity index (χ3v) is 3.42. The molecule has 0 saturated carbocycles. The summed E-state index contributed by atoms with van der Waals surface area (Å²) < 4.78 is 28.7. The molecule has 1 N–H and O–H groups in total. The summed E-state index contributed by atoms with van der Waals surface area (Å²) in [6, 6.07) is 4.70. The molecule has 5 nitrogen and oxygen atoms in total. The minimum Gasteiger partial charge on any atom is -0.344 e. The molecule has 7 heteroatoms. The Balaban J connectivity index is 2.15. The summed E-state index contributed by atoms with van der Waals surface area (Å²) in [6.07, 6.45) is 0. The van der Waals surface area contributed by atoms with Crippen molar-refractivity contribution in [3.8, 4) is 0 Å². The Morgan fingerprint density at radius 2 is 1.87 bits per heavy atom. The van der Waals surface area contributed by atoms with Gasteiger partial charge >= 0.3 is 0 Å². The summed E-state index contributed by atoms with van der Waals surface area (Å²) in [6.45, 7) is 5.78. The van der Waals surface area contributed by atoms with Crippen LogP contribution in [0.3, 0.4) is 0 Å². The number of carbonyl (C=O) groups is 1. The van der Waals surface area contributed by atoms with E-state index in [9.17, 15) is 13.6 Å². The van der Waals surface area contributed by atoms with Gasteiger partial charge in [-0.15, -0.1) is 5.10 Å². The minimum absolute atomic E-state index is 0.00827. The lowest BCUT2D eigenvalue weighted by Gasteiger charge is -2.20. The molecular formula is C16H18F2N4O. The summed E-state index contributed by atoms with van der Waals surface area (Å²) in [4.78, 5) is 16.0. The van der Waals surface area contributed by atoms with E-state index in [2.05, 4.69) is 20.5 Å². The molecule has 0 bridgehead atoms. The molecule has 1 amide bonds. The molecule has 0 fully saturated rings. The molecule has 0 spiro atoms. The molecule has 0 radical (unpaired) electrons. The number of rotatable bonds is 4. The second-order valence-electron chi connectivity index (χ2n) is 5.50. The maximum absolute atomic E-state index is 14.3. The van der Waals surface area contributed by atoms with Gasteiger partial charge in [-0.2, -0.15) is 13.9 Å². The second kappa shape index (κ2) is 6.36. The van der Waals surface area contributed by atoms with Crippen LogP contribution in [0.4, 0.5) is 8.78 Å². The number of nitrogens with one attached hydrogen (secondary N) is 1. The molecule has 1 heterocycles. The van der Waals surface area contributed by atoms with Crippen molar-refractivity contribution in [1.82, 2.24) is 20.5 Å². The highest BCUT2D eigenvalue weighted by molar-refractivity contribution is 5.93. The number of aryl methyl sites for hydroxylation is 4. The molecule has 23 heavy (non-hydrogen) atoms. The van der Waals surface area contributed by atoms with Crippen LogP contribution in [0.15, 0.2) is 18.2 Å². The quantitative estimate of drug-likeness (QED) is 0.940. The Morgan fingerprint density at radius 1 is 1.17 bits per heavy atom. The van der Waals surface area contributed by atoms with Crippen LogP contribution in [0.5, 0.6) is 0 Å². The van der Waals surface area contributed by atoms with Gasteiger partial charge in [0.2, 0.25) is 0 Å². The monoisotopic (exact) mass is 320 g/mol. The van der Waals surface area contributed by atoms with Gasteiger partial charge < -0.3 is 5.32 Å². The standard InChI is InChI=1S/C16H18F2N4O/c1-9-5-6-13(10(2)7-9)16(17,18)8-19-15(23)14-11(3)21-22-12(4)20-14/h5-7H,8H2,1-4H3,(H,19,23). The molecule has 0 aliphatic carbocycles. The number of aromatic nitrogens is 3. The van der Waals surface area contributed by atoms with Crippen LogP contribution >= 0.6 is 0 Å². The smallest absolute Gasteiger partial charge is 0.290 e. The SMILES string of the molecule is Cc1ccc(C(F)(F)CNC(=O)c2nc(C)nnc2C)c(C)c1. The average Bonchev–Trinajstić information content (AvgIpc) is 2.47. The van der Waals surface area contributed by atoms with E-state index in [1.54, 1.807) is 32.9 Å². The molecule has 0 aliphatic heterocycles. The van der Waals surface area contributed by atoms with Crippen molar-refractivity contribution < 1.29 is 13.6 Å². The topological polar surface area (TPSA) is 67.8 Å². The predicted molar refractivity (Wildman–Crippen MR) is 81.4 cm³/mol. The van der Waals surface area contributed by atoms with Crippen molar-refractivity contribution in [3.63, 3.8) is 0 Å². The van der Waals surface area contributed by atoms with E-state index in [0.717, 1.165) is 5.56 Å². The third-order valence-electron chi connectivity index (χ3n) is 3.42. The molecule has 1 aromatic carbocycles. The van der Waals surface area contributed by atoms with Crippen molar-refractivity contribution in [2.45, 2.75) is 33.6 Å². The summed E-state index contributed by atoms with van der Waals surface area (Å²) in [5, 5.41) is 9.70. The number of carbonyl (C=O) groups excluding carboxylic acids is 1. The van der Waals surface area contributed by atoms with Gasteiger partial charge in [0.1, 0.15) is 5.82 Å². The first-order chi connectivity index (χ1) is 10.7. The van der Waals surface area contributed by atoms with E-state index in [-0.39, 0.29) is 11.3 Å². The van der Waals surface area contributed by atoms with Gasteiger partial charge in [-0.25, -0.2) is 4.98 Å². The van der Waals surface area contributed by atoms with Gasteiger partial charge in [-0.05, 0) is 33.3 Å². The van der Waals surface area contributed by atoms with E-state index < -0.39 is 18.4 Å². The van der Waals surface area contributed by atoms with Crippen molar-refractivity contribution in [3.05, 3.63) is 52.1 Å². The molecule has 0 unspecified atom stereocenters. The highest BCUT2D eigenvalue weighted by atomic mass is 19.3. The van der Waals surface area contributed by atoms with Gasteiger partial charge in [0.15, 0.2) is 5.69 Å². The fourth-order valence-corrected chi connectivity index (χ4v) is 2.27. The maximum Gasteiger partial charge on any atom is 0.290 e. The zero-order valence-electron chi connectivity index (χ0n) is 13.4. The molecule has 0 aliphatic rings. The zero-order chi connectivity index (χ0) is 17.2. The summed E-state index contributed by atoms with van der Waals surface area (Å²) in [5.74, 6) is -3.55. The number of halogens is 2. The van der Waals surface area contributed by atoms with Gasteiger partial charge in [-0.3, -0.25) is 4.79 Å². The van der Waals surface area contributed by atoms with Gasteiger partial charge in [0.25, 0.3) is 11.8 Å². The number of amides is 1. The Kier molecular flexibility index (Phi) is 4.68. The number of hydrogen-bond donors (Lipinski definition) is 1. The largest absolute Gasteiger partial charge is 0.344 e. The normalized spacial score (nSPS) is 11.4. The van der Waals surface area contributed by atoms with Crippen LogP contribution in [0.1, 0.15) is 38.7 Å². The fraction of sp³-hybridized carbons (Fsp3) is 0.375. The van der Waals surface area contributed by atoms with E-state index in [4.69, 9.17) is 0 Å². The Bertz CT molecular complexity index is 747. The Labute approximate surface area is 133 Å². The number of benzene rings is 1. The summed E-state index contributed by atoms with van der Waals surface area (Å²) in [7, 11) is 0. The molecular weight excluding hydrogens is 302 g/mol. The Hall–Kier alpha value is -2.44. The van der Waals surface area contributed by atoms with Gasteiger partial charge in [0.05, 0.1) is 12.2 Å². The molecule has 122 valence electrons. The first-order valence-corrected chi connectivity index (χ1v) is 7.12. The highest BCUT2D eigenvalue weighted by Crippen LogP contribution is 2.30. The predicted octanol–water partition coefficient (Wildman–Crippen LogP) is 2.63. The van der Waals surface area contributed by atoms with Crippen LogP contribution in [-0.2, 0) is 5.92 Å². The van der Waals surface area contributed by atoms with Crippen LogP contribution in [-0.4, -0.2) is 27.6 Å². The molecule has 0 saturated heterocycles. The van der Waals surface area contributed by atoms with Crippen LogP contribution in [0.2, 0.25) is 0 Å². The lowest BCUT2D eigenvalue weighted by Crippen LogP contribution is -2.36. The summed E-state index contributed by atoms with van der Waals surface area (Å²) in [5.41, 5.74) is 1.60. The van der Waals surface area contributed by atoms with E-state index in [0.29, 0.717) is 17.1 Å². The van der Waals surface area contributed by atoms with E-state index in [1.165, 1.54) is 6.07 Å². The zero-order valence-corrected chi connectivity index (χ0v) is 13.4. The summed E-state index contributed by atoms with van der Waals surface area (Å²) >= 11 is 0. The first kappa shape index (κ1) is 16.9. The minimum atomic E-state index is -3.17. The van der Waals surface area contributed by atoms with Crippen molar-refractivity contribution in [2.75, 3.05) is 6.54 Å². The van der Waals surface area contributed by atoms with Crippen molar-refractivity contribution in [2.24, 2.45) is 0 Å². The molecule has 2 rings (SSSR count). The van der Waals surface area contributed by atoms with E-state index in [1.807, 2.05) is 6.92 Å². The van der Waals surface area contributed by atoms with Crippen molar-refractivity contribution in [1.29, 1.82) is 0 Å². The number of hydrogen-bond acceptors (Lipinski definition) is 4. The van der Waals surface area contributed by atoms with Crippen LogP contribution in [0, 0.1) is 27.7 Å². The van der Waals surface area contributed by atoms with Gasteiger partial charge in [-0.1, -0.05) is 23.8 Å². The molecule has 2 aromatic rings. The van der Waals surface area contributed by atoms with Crippen LogP contribution < -0.4 is 5.32 Å². The number of alkyl halides is 2. The second-order valence-corrected chi connectivity index (χ2v) is 5.50. The fourth-order valence-electron chi connectivity index (χ4n) is 2.27. The van der Waals surface area contributed by atoms with Crippen molar-refractivity contribution >= 4 is 5.91 Å². The number of nitrogens with zero attached hydrogens (tertiary/aromatic N) is 3. The lowest BCUT2D eigenvalue weighted by atomic mass is 10.0. The highest BCUT2D eigenvalue weighted by Gasteiger charge is 2.34. The third kappa shape index (κ3) is 3.85. The van der Waals surface area contributed by atoms with Gasteiger partial charge in [0, 0.05) is 5.56 Å². The lowest BCUT2D eigenvalue weighted by molar-refractivity contribution is -0.00313. The average molecular weight is 320 g/mol. The molecule has 0 atom stereocenters. The van der Waals surface area contributed by atoms with Crippen LogP contribution in [0.25, 0.3) is 0 Å². The first-order valence-electron chi connectivity index (χ1n) is 7.12. The molecule has 1 aromatic heterocycles. The van der Waals surface area contributed by atoms with E-state index >= 15 is 0 Å². The maximum atomic E-state index is 14.3.